The zero-order valence-corrected chi connectivity index (χ0v) is 11.2. The van der Waals surface area contributed by atoms with Crippen LogP contribution in [0.5, 0.6) is 0 Å². The largest absolute Gasteiger partial charge is 0.393 e. The molecule has 1 unspecified atom stereocenters. The molecule has 3 N–H and O–H groups in total. The third-order valence-electron chi connectivity index (χ3n) is 2.13. The van der Waals surface area contributed by atoms with E-state index in [0.29, 0.717) is 17.3 Å². The van der Waals surface area contributed by atoms with Crippen molar-refractivity contribution >= 4 is 46.1 Å². The van der Waals surface area contributed by atoms with Gasteiger partial charge in [0.05, 0.1) is 21.8 Å². The molecule has 0 aromatic carbocycles. The van der Waals surface area contributed by atoms with Crippen molar-refractivity contribution in [2.75, 3.05) is 0 Å². The Morgan fingerprint density at radius 1 is 1.69 bits per heavy atom. The summed E-state index contributed by atoms with van der Waals surface area (Å²) in [5.41, 5.74) is 5.47. The number of carbonyl (C=O) groups excluding carboxylic acids is 1. The van der Waals surface area contributed by atoms with Gasteiger partial charge < -0.3 is 11.1 Å². The molecule has 0 aliphatic carbocycles. The topological polar surface area (TPSA) is 55.1 Å². The van der Waals surface area contributed by atoms with Gasteiger partial charge in [0.1, 0.15) is 0 Å². The molecule has 3 nitrogen and oxygen atoms in total. The van der Waals surface area contributed by atoms with E-state index in [2.05, 4.69) is 5.32 Å². The molecule has 6 heteroatoms. The lowest BCUT2D eigenvalue weighted by Gasteiger charge is -2.12. The number of carbonyl (C=O) groups is 1. The van der Waals surface area contributed by atoms with Gasteiger partial charge in [-0.2, -0.15) is 0 Å². The van der Waals surface area contributed by atoms with E-state index in [0.717, 1.165) is 4.88 Å². The van der Waals surface area contributed by atoms with Crippen molar-refractivity contribution in [3.8, 4) is 0 Å². The van der Waals surface area contributed by atoms with Crippen molar-refractivity contribution in [1.29, 1.82) is 0 Å². The predicted molar refractivity (Wildman–Crippen MR) is 71.7 cm³/mol. The Morgan fingerprint density at radius 2 is 2.38 bits per heavy atom. The molecule has 0 fully saturated rings. The summed E-state index contributed by atoms with van der Waals surface area (Å²) in [6.45, 7) is 2.35. The van der Waals surface area contributed by atoms with E-state index in [1.165, 1.54) is 11.3 Å². The Labute approximate surface area is 109 Å². The number of nitrogens with one attached hydrogen (secondary N) is 1. The molecule has 0 saturated heterocycles. The van der Waals surface area contributed by atoms with Crippen molar-refractivity contribution in [1.82, 2.24) is 5.32 Å². The maximum absolute atomic E-state index is 11.7. The second-order valence-corrected chi connectivity index (χ2v) is 5.56. The van der Waals surface area contributed by atoms with Gasteiger partial charge in [-0.25, -0.2) is 0 Å². The fourth-order valence-corrected chi connectivity index (χ4v) is 2.56. The van der Waals surface area contributed by atoms with Crippen LogP contribution in [0.4, 0.5) is 0 Å². The van der Waals surface area contributed by atoms with Gasteiger partial charge in [-0.3, -0.25) is 4.79 Å². The molecular formula is C10H13ClN2OS2. The van der Waals surface area contributed by atoms with Crippen molar-refractivity contribution < 1.29 is 4.79 Å². The second-order valence-electron chi connectivity index (χ2n) is 3.29. The number of amides is 1. The Morgan fingerprint density at radius 3 is 2.81 bits per heavy atom. The molecule has 1 rings (SSSR count). The van der Waals surface area contributed by atoms with Gasteiger partial charge in [-0.1, -0.05) is 30.7 Å². The lowest BCUT2D eigenvalue weighted by molar-refractivity contribution is -0.123. The average Bonchev–Trinajstić information content (AvgIpc) is 2.62. The number of nitrogens with two attached hydrogens (primary N) is 1. The van der Waals surface area contributed by atoms with Crippen LogP contribution in [-0.4, -0.2) is 10.9 Å². The first-order chi connectivity index (χ1) is 7.54. The van der Waals surface area contributed by atoms with E-state index in [1.807, 2.05) is 13.0 Å². The molecule has 1 aromatic rings. The maximum atomic E-state index is 11.7. The quantitative estimate of drug-likeness (QED) is 0.812. The molecule has 0 aliphatic heterocycles. The molecule has 0 saturated carbocycles. The van der Waals surface area contributed by atoms with Gasteiger partial charge in [0.25, 0.3) is 0 Å². The molecule has 16 heavy (non-hydrogen) atoms. The summed E-state index contributed by atoms with van der Waals surface area (Å²) in [6, 6.07) is 3.69. The van der Waals surface area contributed by atoms with Crippen LogP contribution in [0.1, 0.15) is 18.2 Å². The Hall–Kier alpha value is -0.650. The third kappa shape index (κ3) is 3.73. The SMILES string of the molecule is CCC(C(=O)NCc1ccc(Cl)s1)C(N)=S. The molecule has 88 valence electrons. The molecule has 1 aromatic heterocycles. The van der Waals surface area contributed by atoms with Crippen LogP contribution in [0.3, 0.4) is 0 Å². The van der Waals surface area contributed by atoms with E-state index in [1.54, 1.807) is 6.07 Å². The average molecular weight is 277 g/mol. The monoisotopic (exact) mass is 276 g/mol. The molecule has 0 radical (unpaired) electrons. The minimum Gasteiger partial charge on any atom is -0.393 e. The molecule has 0 aliphatic rings. The van der Waals surface area contributed by atoms with Crippen molar-refractivity contribution in [3.05, 3.63) is 21.3 Å². The van der Waals surface area contributed by atoms with E-state index >= 15 is 0 Å². The molecule has 1 amide bonds. The first-order valence-electron chi connectivity index (χ1n) is 4.85. The fourth-order valence-electron chi connectivity index (χ4n) is 1.26. The molecule has 0 bridgehead atoms. The highest BCUT2D eigenvalue weighted by Crippen LogP contribution is 2.21. The summed E-state index contributed by atoms with van der Waals surface area (Å²) in [5, 5.41) is 2.79. The number of rotatable bonds is 5. The van der Waals surface area contributed by atoms with Gasteiger partial charge in [0, 0.05) is 4.88 Å². The molecular weight excluding hydrogens is 264 g/mol. The third-order valence-corrected chi connectivity index (χ3v) is 3.65. The lowest BCUT2D eigenvalue weighted by atomic mass is 10.1. The van der Waals surface area contributed by atoms with Crippen molar-refractivity contribution in [3.63, 3.8) is 0 Å². The zero-order chi connectivity index (χ0) is 12.1. The first kappa shape index (κ1) is 13.4. The predicted octanol–water partition coefficient (Wildman–Crippen LogP) is 2.33. The standard InChI is InChI=1S/C10H13ClN2OS2/c1-2-7(9(12)15)10(14)13-5-6-3-4-8(11)16-6/h3-4,7H,2,5H2,1H3,(H2,12,15)(H,13,14). The number of hydrogen-bond donors (Lipinski definition) is 2. The summed E-state index contributed by atoms with van der Waals surface area (Å²) in [4.78, 5) is 12.9. The minimum absolute atomic E-state index is 0.125. The van der Waals surface area contributed by atoms with Gasteiger partial charge >= 0.3 is 0 Å². The van der Waals surface area contributed by atoms with Crippen LogP contribution in [0.15, 0.2) is 12.1 Å². The Kier molecular flexibility index (Phi) is 5.18. The molecule has 1 heterocycles. The van der Waals surface area contributed by atoms with Crippen LogP contribution in [0.25, 0.3) is 0 Å². The lowest BCUT2D eigenvalue weighted by Crippen LogP contribution is -2.37. The number of thiocarbonyl (C=S) groups is 1. The minimum atomic E-state index is -0.384. The number of halogens is 1. The van der Waals surface area contributed by atoms with Crippen molar-refractivity contribution in [2.45, 2.75) is 19.9 Å². The second kappa shape index (κ2) is 6.18. The molecule has 0 spiro atoms. The van der Waals surface area contributed by atoms with Gasteiger partial charge in [-0.05, 0) is 18.6 Å². The summed E-state index contributed by atoms with van der Waals surface area (Å²) < 4.78 is 0.714. The summed E-state index contributed by atoms with van der Waals surface area (Å²) in [6.07, 6.45) is 0.617. The normalized spacial score (nSPS) is 12.1. The van der Waals surface area contributed by atoms with Crippen LogP contribution in [0, 0.1) is 5.92 Å². The smallest absolute Gasteiger partial charge is 0.230 e. The highest BCUT2D eigenvalue weighted by atomic mass is 35.5. The van der Waals surface area contributed by atoms with E-state index < -0.39 is 0 Å². The Balaban J connectivity index is 2.49. The van der Waals surface area contributed by atoms with E-state index in [-0.39, 0.29) is 16.8 Å². The van der Waals surface area contributed by atoms with E-state index in [4.69, 9.17) is 29.6 Å². The number of thiophene rings is 1. The zero-order valence-electron chi connectivity index (χ0n) is 8.83. The van der Waals surface area contributed by atoms with Crippen LogP contribution < -0.4 is 11.1 Å². The van der Waals surface area contributed by atoms with Gasteiger partial charge in [0.2, 0.25) is 5.91 Å². The fraction of sp³-hybridized carbons (Fsp3) is 0.400. The summed E-state index contributed by atoms with van der Waals surface area (Å²) >= 11 is 12.1. The first-order valence-corrected chi connectivity index (χ1v) is 6.46. The maximum Gasteiger partial charge on any atom is 0.230 e. The Bertz CT molecular complexity index is 392. The van der Waals surface area contributed by atoms with Crippen molar-refractivity contribution in [2.24, 2.45) is 11.7 Å². The van der Waals surface area contributed by atoms with Crippen LogP contribution in [-0.2, 0) is 11.3 Å². The van der Waals surface area contributed by atoms with Crippen LogP contribution >= 0.6 is 35.2 Å². The number of hydrogen-bond acceptors (Lipinski definition) is 3. The molecule has 1 atom stereocenters. The summed E-state index contributed by atoms with van der Waals surface area (Å²) in [5.74, 6) is -0.509. The highest BCUT2D eigenvalue weighted by molar-refractivity contribution is 7.80. The van der Waals surface area contributed by atoms with Crippen LogP contribution in [0.2, 0.25) is 4.34 Å². The van der Waals surface area contributed by atoms with E-state index in [9.17, 15) is 4.79 Å². The highest BCUT2D eigenvalue weighted by Gasteiger charge is 2.18. The van der Waals surface area contributed by atoms with Gasteiger partial charge in [-0.15, -0.1) is 11.3 Å². The van der Waals surface area contributed by atoms with Gasteiger partial charge in [0.15, 0.2) is 0 Å². The summed E-state index contributed by atoms with van der Waals surface area (Å²) in [7, 11) is 0.